The average Bonchev–Trinajstić information content (AvgIpc) is 2.80. The Kier molecular flexibility index (Phi) is 4.43. The number of carbonyl (C=O) groups is 2. The molecule has 0 aliphatic carbocycles. The molecule has 8 heteroatoms. The molecule has 104 valence electrons. The fourth-order valence-corrected chi connectivity index (χ4v) is 2.44. The van der Waals surface area contributed by atoms with Crippen molar-refractivity contribution < 1.29 is 9.59 Å². The standard InChI is InChI=1S/C11H17N5O2S/c1-3-4-12-11-8(14-15-19-11)5-16-6-9(17)13-10(18)7(16)2/h7,12H,3-6H2,1-2H3,(H,13,17,18). The molecule has 1 saturated heterocycles. The summed E-state index contributed by atoms with van der Waals surface area (Å²) in [6.07, 6.45) is 1.01. The molecule has 1 aromatic rings. The van der Waals surface area contributed by atoms with Crippen LogP contribution < -0.4 is 10.6 Å². The topological polar surface area (TPSA) is 87.2 Å². The SMILES string of the molecule is CCCNc1snnc1CN1CC(=O)NC(=O)C1C. The number of carbonyl (C=O) groups excluding carboxylic acids is 2. The molecule has 0 radical (unpaired) electrons. The summed E-state index contributed by atoms with van der Waals surface area (Å²) >= 11 is 1.30. The molecule has 7 nitrogen and oxygen atoms in total. The van der Waals surface area contributed by atoms with E-state index in [9.17, 15) is 9.59 Å². The number of nitrogens with one attached hydrogen (secondary N) is 2. The maximum absolute atomic E-state index is 11.6. The molecule has 2 heterocycles. The largest absolute Gasteiger partial charge is 0.374 e. The van der Waals surface area contributed by atoms with Crippen LogP contribution in [0.15, 0.2) is 0 Å². The van der Waals surface area contributed by atoms with Gasteiger partial charge in [0, 0.05) is 24.6 Å². The fraction of sp³-hybridized carbons (Fsp3) is 0.636. The molecule has 1 fully saturated rings. The van der Waals surface area contributed by atoms with E-state index < -0.39 is 0 Å². The quantitative estimate of drug-likeness (QED) is 0.751. The summed E-state index contributed by atoms with van der Waals surface area (Å²) in [6, 6.07) is -0.335. The van der Waals surface area contributed by atoms with Crippen molar-refractivity contribution in [2.45, 2.75) is 32.9 Å². The van der Waals surface area contributed by atoms with Crippen molar-refractivity contribution in [3.05, 3.63) is 5.69 Å². The number of hydrogen-bond donors (Lipinski definition) is 2. The van der Waals surface area contributed by atoms with Crippen LogP contribution in [-0.2, 0) is 16.1 Å². The molecular formula is C11H17N5O2S. The van der Waals surface area contributed by atoms with Crippen LogP contribution in [0.1, 0.15) is 26.0 Å². The number of nitrogens with zero attached hydrogens (tertiary/aromatic N) is 3. The summed E-state index contributed by atoms with van der Waals surface area (Å²) in [7, 11) is 0. The van der Waals surface area contributed by atoms with Crippen LogP contribution in [0.25, 0.3) is 0 Å². The van der Waals surface area contributed by atoms with Gasteiger partial charge in [-0.15, -0.1) is 5.10 Å². The predicted octanol–water partition coefficient (Wildman–Crippen LogP) is 0.207. The summed E-state index contributed by atoms with van der Waals surface area (Å²) in [5.41, 5.74) is 0.785. The molecule has 1 unspecified atom stereocenters. The summed E-state index contributed by atoms with van der Waals surface area (Å²) < 4.78 is 3.92. The summed E-state index contributed by atoms with van der Waals surface area (Å²) in [4.78, 5) is 24.8. The molecule has 0 aromatic carbocycles. The smallest absolute Gasteiger partial charge is 0.243 e. The van der Waals surface area contributed by atoms with Crippen molar-refractivity contribution >= 4 is 28.3 Å². The zero-order chi connectivity index (χ0) is 13.8. The van der Waals surface area contributed by atoms with E-state index in [4.69, 9.17) is 0 Å². The van der Waals surface area contributed by atoms with Crippen molar-refractivity contribution in [1.82, 2.24) is 19.8 Å². The van der Waals surface area contributed by atoms with Gasteiger partial charge >= 0.3 is 0 Å². The lowest BCUT2D eigenvalue weighted by Crippen LogP contribution is -2.56. The van der Waals surface area contributed by atoms with Gasteiger partial charge in [-0.25, -0.2) is 0 Å². The van der Waals surface area contributed by atoms with Crippen LogP contribution in [0.3, 0.4) is 0 Å². The van der Waals surface area contributed by atoms with Crippen molar-refractivity contribution in [3.8, 4) is 0 Å². The second-order valence-electron chi connectivity index (χ2n) is 4.47. The molecule has 1 aliphatic heterocycles. The zero-order valence-corrected chi connectivity index (χ0v) is 11.8. The highest BCUT2D eigenvalue weighted by atomic mass is 32.1. The van der Waals surface area contributed by atoms with Gasteiger partial charge in [0.15, 0.2) is 0 Å². The van der Waals surface area contributed by atoms with Crippen molar-refractivity contribution in [1.29, 1.82) is 0 Å². The molecule has 1 aliphatic rings. The molecule has 2 amide bonds. The van der Waals surface area contributed by atoms with Crippen LogP contribution in [0.2, 0.25) is 0 Å². The van der Waals surface area contributed by atoms with Gasteiger partial charge < -0.3 is 5.32 Å². The first-order chi connectivity index (χ1) is 9.11. The van der Waals surface area contributed by atoms with E-state index in [1.165, 1.54) is 11.5 Å². The van der Waals surface area contributed by atoms with E-state index in [1.807, 2.05) is 0 Å². The molecule has 0 saturated carbocycles. The lowest BCUT2D eigenvalue weighted by atomic mass is 10.2. The molecule has 1 atom stereocenters. The van der Waals surface area contributed by atoms with Crippen molar-refractivity contribution in [2.75, 3.05) is 18.4 Å². The van der Waals surface area contributed by atoms with E-state index in [-0.39, 0.29) is 24.4 Å². The normalized spacial score (nSPS) is 20.4. The van der Waals surface area contributed by atoms with Crippen LogP contribution >= 0.6 is 11.5 Å². The van der Waals surface area contributed by atoms with E-state index in [0.717, 1.165) is 23.7 Å². The minimum absolute atomic E-state index is 0.206. The maximum Gasteiger partial charge on any atom is 0.243 e. The van der Waals surface area contributed by atoms with E-state index >= 15 is 0 Å². The summed E-state index contributed by atoms with van der Waals surface area (Å²) in [5, 5.41) is 10.5. The lowest BCUT2D eigenvalue weighted by Gasteiger charge is -2.30. The van der Waals surface area contributed by atoms with Crippen LogP contribution in [0.4, 0.5) is 5.00 Å². The van der Waals surface area contributed by atoms with Crippen LogP contribution in [0, 0.1) is 0 Å². The number of amides is 2. The molecule has 19 heavy (non-hydrogen) atoms. The third kappa shape index (κ3) is 3.27. The lowest BCUT2D eigenvalue weighted by molar-refractivity contribution is -0.139. The summed E-state index contributed by atoms with van der Waals surface area (Å²) in [6.45, 7) is 5.37. The predicted molar refractivity (Wildman–Crippen MR) is 71.7 cm³/mol. The Morgan fingerprint density at radius 1 is 1.53 bits per heavy atom. The second kappa shape index (κ2) is 6.07. The highest BCUT2D eigenvalue weighted by Gasteiger charge is 2.31. The Balaban J connectivity index is 2.05. The number of imide groups is 1. The van der Waals surface area contributed by atoms with Crippen LogP contribution in [0.5, 0.6) is 0 Å². The summed E-state index contributed by atoms with van der Waals surface area (Å²) in [5.74, 6) is -0.531. The van der Waals surface area contributed by atoms with E-state index in [0.29, 0.717) is 6.54 Å². The number of anilines is 1. The third-order valence-electron chi connectivity index (χ3n) is 2.98. The first-order valence-electron chi connectivity index (χ1n) is 6.24. The molecule has 0 spiro atoms. The van der Waals surface area contributed by atoms with Gasteiger partial charge in [0.05, 0.1) is 12.6 Å². The Morgan fingerprint density at radius 2 is 2.32 bits per heavy atom. The molecule has 0 bridgehead atoms. The average molecular weight is 283 g/mol. The molecule has 1 aromatic heterocycles. The molecule has 2 N–H and O–H groups in total. The van der Waals surface area contributed by atoms with Crippen molar-refractivity contribution in [2.24, 2.45) is 0 Å². The van der Waals surface area contributed by atoms with E-state index in [2.05, 4.69) is 27.1 Å². The minimum Gasteiger partial charge on any atom is -0.374 e. The number of aromatic nitrogens is 2. The Labute approximate surface area is 115 Å². The van der Waals surface area contributed by atoms with Gasteiger partial charge in [0.25, 0.3) is 0 Å². The molecule has 2 rings (SSSR count). The third-order valence-corrected chi connectivity index (χ3v) is 3.71. The van der Waals surface area contributed by atoms with Gasteiger partial charge in [-0.1, -0.05) is 11.4 Å². The highest BCUT2D eigenvalue weighted by Crippen LogP contribution is 2.20. The van der Waals surface area contributed by atoms with Gasteiger partial charge in [-0.3, -0.25) is 19.8 Å². The number of piperazine rings is 1. The monoisotopic (exact) mass is 283 g/mol. The Morgan fingerprint density at radius 3 is 3.05 bits per heavy atom. The second-order valence-corrected chi connectivity index (χ2v) is 5.22. The van der Waals surface area contributed by atoms with Gasteiger partial charge in [-0.05, 0) is 13.3 Å². The highest BCUT2D eigenvalue weighted by molar-refractivity contribution is 7.10. The zero-order valence-electron chi connectivity index (χ0n) is 11.0. The molecular weight excluding hydrogens is 266 g/mol. The first kappa shape index (κ1) is 13.9. The van der Waals surface area contributed by atoms with Crippen molar-refractivity contribution in [3.63, 3.8) is 0 Å². The Bertz CT molecular complexity index is 475. The van der Waals surface area contributed by atoms with Gasteiger partial charge in [-0.2, -0.15) is 0 Å². The van der Waals surface area contributed by atoms with Gasteiger partial charge in [0.2, 0.25) is 11.8 Å². The van der Waals surface area contributed by atoms with Crippen LogP contribution in [-0.4, -0.2) is 45.4 Å². The minimum atomic E-state index is -0.335. The van der Waals surface area contributed by atoms with E-state index in [1.54, 1.807) is 11.8 Å². The van der Waals surface area contributed by atoms with Gasteiger partial charge in [0.1, 0.15) is 10.7 Å². The number of rotatable bonds is 5. The first-order valence-corrected chi connectivity index (χ1v) is 7.02. The number of hydrogen-bond acceptors (Lipinski definition) is 7. The fourth-order valence-electron chi connectivity index (χ4n) is 1.84. The maximum atomic E-state index is 11.6. The Hall–Kier alpha value is -1.54.